The van der Waals surface area contributed by atoms with Crippen LogP contribution < -0.4 is 5.32 Å². The summed E-state index contributed by atoms with van der Waals surface area (Å²) in [5.74, 6) is -0.857. The molecule has 9 heteroatoms. The van der Waals surface area contributed by atoms with Gasteiger partial charge in [0, 0.05) is 23.6 Å². The number of thiazole rings is 1. The molecule has 0 aliphatic carbocycles. The number of nitrogens with one attached hydrogen (secondary N) is 1. The van der Waals surface area contributed by atoms with Gasteiger partial charge in [-0.2, -0.15) is 0 Å². The lowest BCUT2D eigenvalue weighted by Crippen LogP contribution is -2.29. The van der Waals surface area contributed by atoms with E-state index in [-0.39, 0.29) is 24.9 Å². The Morgan fingerprint density at radius 1 is 0.978 bits per heavy atom. The molecule has 5 aromatic rings. The van der Waals surface area contributed by atoms with Crippen LogP contribution in [0.5, 0.6) is 0 Å². The lowest BCUT2D eigenvalue weighted by Gasteiger charge is -2.29. The molecule has 1 aromatic heterocycles. The maximum atomic E-state index is 13.5. The fourth-order valence-corrected chi connectivity index (χ4v) is 6.18. The van der Waals surface area contributed by atoms with E-state index in [1.165, 1.54) is 12.7 Å². The molecule has 4 aromatic carbocycles. The van der Waals surface area contributed by atoms with Gasteiger partial charge in [0.15, 0.2) is 5.76 Å². The van der Waals surface area contributed by atoms with E-state index in [1.807, 2.05) is 66.7 Å². The van der Waals surface area contributed by atoms with Gasteiger partial charge in [-0.25, -0.2) is 9.78 Å². The van der Waals surface area contributed by atoms with Gasteiger partial charge in [0.1, 0.15) is 5.01 Å². The van der Waals surface area contributed by atoms with Crippen LogP contribution in [0, 0.1) is 6.92 Å². The van der Waals surface area contributed by atoms with E-state index in [2.05, 4.69) is 24.4 Å². The number of aryl methyl sites for hydroxylation is 1. The molecule has 0 saturated heterocycles. The maximum absolute atomic E-state index is 13.5. The van der Waals surface area contributed by atoms with Crippen molar-refractivity contribution in [2.24, 2.45) is 0 Å². The summed E-state index contributed by atoms with van der Waals surface area (Å²) in [5, 5.41) is 13.2. The number of carbonyl (C=O) groups is 2. The number of anilines is 1. The van der Waals surface area contributed by atoms with Crippen LogP contribution in [0.1, 0.15) is 45.0 Å². The van der Waals surface area contributed by atoms with E-state index in [4.69, 9.17) is 19.2 Å². The quantitative estimate of drug-likeness (QED) is 0.169. The van der Waals surface area contributed by atoms with E-state index in [9.17, 15) is 14.7 Å². The number of methoxy groups -OCH3 is 1. The Kier molecular flexibility index (Phi) is 9.02. The van der Waals surface area contributed by atoms with Crippen molar-refractivity contribution >= 4 is 39.1 Å². The summed E-state index contributed by atoms with van der Waals surface area (Å²) in [6, 6.07) is 28.4. The number of hydrogen-bond acceptors (Lipinski definition) is 8. The lowest BCUT2D eigenvalue weighted by molar-refractivity contribution is -0.147. The predicted octanol–water partition coefficient (Wildman–Crippen LogP) is 7.12. The molecule has 0 spiro atoms. The smallest absolute Gasteiger partial charge is 0.337 e. The van der Waals surface area contributed by atoms with Gasteiger partial charge < -0.3 is 24.6 Å². The van der Waals surface area contributed by atoms with E-state index >= 15 is 0 Å². The average molecular weight is 621 g/mol. The summed E-state index contributed by atoms with van der Waals surface area (Å²) in [4.78, 5) is 30.2. The van der Waals surface area contributed by atoms with Crippen LogP contribution in [-0.4, -0.2) is 35.4 Å². The minimum Gasteiger partial charge on any atom is -0.465 e. The Bertz CT molecular complexity index is 1850. The van der Waals surface area contributed by atoms with Gasteiger partial charge in [-0.3, -0.25) is 4.79 Å². The van der Waals surface area contributed by atoms with Crippen LogP contribution in [-0.2, 0) is 32.2 Å². The van der Waals surface area contributed by atoms with Crippen molar-refractivity contribution in [3.8, 4) is 10.6 Å². The van der Waals surface area contributed by atoms with Crippen LogP contribution in [0.15, 0.2) is 103 Å². The largest absolute Gasteiger partial charge is 0.465 e. The minimum absolute atomic E-state index is 0.0307. The third-order valence-electron chi connectivity index (χ3n) is 7.62. The number of benzene rings is 4. The first-order chi connectivity index (χ1) is 21.9. The summed E-state index contributed by atoms with van der Waals surface area (Å²) in [6.45, 7) is 2.31. The maximum Gasteiger partial charge on any atom is 0.337 e. The first-order valence-corrected chi connectivity index (χ1v) is 15.4. The summed E-state index contributed by atoms with van der Waals surface area (Å²) in [6.07, 6.45) is 1.57. The Hall–Kier alpha value is -4.83. The summed E-state index contributed by atoms with van der Waals surface area (Å²) >= 11 is 1.64. The number of hydrogen-bond donors (Lipinski definition) is 2. The number of ether oxygens (including phenoxy) is 3. The molecule has 2 heterocycles. The molecule has 45 heavy (non-hydrogen) atoms. The standard InChI is InChI=1S/C36H32N2O6S/c1-22-3-16-30-32(17-22)45-35(38-30)26-12-14-29(15-13-26)37-34(40)31-18-28(25-8-10-27(11-9-25)36(41)42-2)19-33(44-31)43-21-24-6-4-23(20-39)5-7-24/h3-18,28,33,39H,19-21H2,1-2H3,(H,37,40)/t28-,33+/m0/s1. The van der Waals surface area contributed by atoms with Crippen LogP contribution >= 0.6 is 11.3 Å². The highest BCUT2D eigenvalue weighted by molar-refractivity contribution is 7.21. The van der Waals surface area contributed by atoms with Crippen molar-refractivity contribution in [3.05, 3.63) is 131 Å². The zero-order chi connectivity index (χ0) is 31.3. The highest BCUT2D eigenvalue weighted by Crippen LogP contribution is 2.34. The van der Waals surface area contributed by atoms with Crippen LogP contribution in [0.2, 0.25) is 0 Å². The van der Waals surface area contributed by atoms with Crippen LogP contribution in [0.4, 0.5) is 5.69 Å². The molecular formula is C36H32N2O6S. The third kappa shape index (κ3) is 7.12. The predicted molar refractivity (Wildman–Crippen MR) is 174 cm³/mol. The van der Waals surface area contributed by atoms with Crippen molar-refractivity contribution in [1.29, 1.82) is 0 Å². The van der Waals surface area contributed by atoms with Gasteiger partial charge in [-0.1, -0.05) is 42.5 Å². The number of aromatic nitrogens is 1. The first-order valence-electron chi connectivity index (χ1n) is 14.5. The van der Waals surface area contributed by atoms with Crippen molar-refractivity contribution < 1.29 is 28.9 Å². The van der Waals surface area contributed by atoms with Gasteiger partial charge in [-0.05, 0) is 83.8 Å². The molecule has 2 N–H and O–H groups in total. The number of rotatable bonds is 9. The molecule has 228 valence electrons. The molecule has 8 nitrogen and oxygen atoms in total. The fraction of sp³-hybridized carbons (Fsp3) is 0.194. The number of aliphatic hydroxyl groups is 1. The summed E-state index contributed by atoms with van der Waals surface area (Å²) < 4.78 is 18.1. The van der Waals surface area contributed by atoms with E-state index in [0.29, 0.717) is 17.7 Å². The average Bonchev–Trinajstić information content (AvgIpc) is 3.50. The van der Waals surface area contributed by atoms with Gasteiger partial charge in [0.2, 0.25) is 6.29 Å². The Morgan fingerprint density at radius 2 is 1.71 bits per heavy atom. The first kappa shape index (κ1) is 30.2. The number of aliphatic hydroxyl groups excluding tert-OH is 1. The molecule has 1 aliphatic rings. The lowest BCUT2D eigenvalue weighted by atomic mass is 9.92. The van der Waals surface area contributed by atoms with Gasteiger partial charge in [0.05, 0.1) is 36.1 Å². The molecular weight excluding hydrogens is 588 g/mol. The second-order valence-corrected chi connectivity index (χ2v) is 11.9. The molecule has 6 rings (SSSR count). The fourth-order valence-electron chi connectivity index (χ4n) is 5.11. The molecule has 1 amide bonds. The van der Waals surface area contributed by atoms with E-state index in [1.54, 1.807) is 29.5 Å². The van der Waals surface area contributed by atoms with Gasteiger partial charge in [-0.15, -0.1) is 11.3 Å². The number of nitrogens with zero attached hydrogens (tertiary/aromatic N) is 1. The van der Waals surface area contributed by atoms with Crippen molar-refractivity contribution in [2.45, 2.75) is 38.8 Å². The normalized spacial score (nSPS) is 16.1. The molecule has 0 fully saturated rings. The topological polar surface area (TPSA) is 107 Å². The Balaban J connectivity index is 1.19. The Morgan fingerprint density at radius 3 is 2.42 bits per heavy atom. The third-order valence-corrected chi connectivity index (χ3v) is 8.68. The monoisotopic (exact) mass is 620 g/mol. The highest BCUT2D eigenvalue weighted by Gasteiger charge is 2.29. The number of amides is 1. The zero-order valence-electron chi connectivity index (χ0n) is 24.9. The molecule has 0 unspecified atom stereocenters. The molecule has 1 aliphatic heterocycles. The second-order valence-electron chi connectivity index (χ2n) is 10.8. The van der Waals surface area contributed by atoms with Crippen molar-refractivity contribution in [2.75, 3.05) is 12.4 Å². The highest BCUT2D eigenvalue weighted by atomic mass is 32.1. The summed E-state index contributed by atoms with van der Waals surface area (Å²) in [7, 11) is 1.34. The van der Waals surface area contributed by atoms with Crippen molar-refractivity contribution in [1.82, 2.24) is 4.98 Å². The summed E-state index contributed by atoms with van der Waals surface area (Å²) in [5.41, 5.74) is 6.83. The van der Waals surface area contributed by atoms with E-state index in [0.717, 1.165) is 37.5 Å². The number of fused-ring (bicyclic) bond motifs is 1. The minimum atomic E-state index is -0.691. The van der Waals surface area contributed by atoms with Crippen LogP contribution in [0.25, 0.3) is 20.8 Å². The Labute approximate surface area is 264 Å². The van der Waals surface area contributed by atoms with E-state index < -0.39 is 18.2 Å². The van der Waals surface area contributed by atoms with Gasteiger partial charge >= 0.3 is 5.97 Å². The molecule has 0 bridgehead atoms. The molecule has 2 atom stereocenters. The SMILES string of the molecule is COC(=O)c1ccc([C@H]2C=C(C(=O)Nc3ccc(-c4nc5ccc(C)cc5s4)cc3)O[C@@H](OCc3ccc(CO)cc3)C2)cc1. The number of allylic oxidation sites excluding steroid dienone is 1. The molecule has 0 radical (unpaired) electrons. The number of esters is 1. The zero-order valence-corrected chi connectivity index (χ0v) is 25.7. The van der Waals surface area contributed by atoms with Crippen LogP contribution in [0.3, 0.4) is 0 Å². The molecule has 0 saturated carbocycles. The number of carbonyl (C=O) groups excluding carboxylic acids is 2. The van der Waals surface area contributed by atoms with Gasteiger partial charge in [0.25, 0.3) is 5.91 Å². The second kappa shape index (κ2) is 13.4. The van der Waals surface area contributed by atoms with Crippen molar-refractivity contribution in [3.63, 3.8) is 0 Å².